The Bertz CT molecular complexity index is 670. The maximum absolute atomic E-state index is 12.6. The van der Waals surface area contributed by atoms with Gasteiger partial charge in [-0.3, -0.25) is 4.79 Å². The second kappa shape index (κ2) is 5.74. The maximum atomic E-state index is 12.6. The molecule has 2 aliphatic carbocycles. The lowest BCUT2D eigenvalue weighted by atomic mass is 9.62. The van der Waals surface area contributed by atoms with Crippen molar-refractivity contribution in [3.8, 4) is 11.5 Å². The molecule has 0 unspecified atom stereocenters. The Labute approximate surface area is 141 Å². The molecule has 1 saturated carbocycles. The van der Waals surface area contributed by atoms with Crippen molar-refractivity contribution in [2.45, 2.75) is 56.1 Å². The average Bonchev–Trinajstić information content (AvgIpc) is 2.88. The molecule has 1 spiro atoms. The van der Waals surface area contributed by atoms with E-state index in [2.05, 4.69) is 0 Å². The normalized spacial score (nSPS) is 34.6. The van der Waals surface area contributed by atoms with Crippen LogP contribution in [0.1, 0.15) is 43.2 Å². The van der Waals surface area contributed by atoms with Gasteiger partial charge < -0.3 is 19.7 Å². The van der Waals surface area contributed by atoms with Gasteiger partial charge >= 0.3 is 0 Å². The number of benzene rings is 1. The van der Waals surface area contributed by atoms with Gasteiger partial charge in [0.1, 0.15) is 0 Å². The van der Waals surface area contributed by atoms with Gasteiger partial charge in [0, 0.05) is 24.0 Å². The highest BCUT2D eigenvalue weighted by Crippen LogP contribution is 2.57. The molecule has 1 aliphatic heterocycles. The summed E-state index contributed by atoms with van der Waals surface area (Å²) in [6, 6.07) is 3.92. The standard InChI is InChI=1S/C19H24O5/c1-23-15-5-4-12-7-11(10-20)3-2-6-19-9-13(21)8-14(22)18(19)24-17(15)16(12)19/h4-5,11,13,18,20-21H,2-3,6-10H2,1H3/t11-,13-,18+,19+/m1/s1. The van der Waals surface area contributed by atoms with E-state index in [9.17, 15) is 15.0 Å². The number of hydrogen-bond donors (Lipinski definition) is 2. The fraction of sp³-hybridized carbons (Fsp3) is 0.632. The molecule has 4 atom stereocenters. The van der Waals surface area contributed by atoms with E-state index in [0.29, 0.717) is 17.9 Å². The van der Waals surface area contributed by atoms with Crippen molar-refractivity contribution in [2.24, 2.45) is 5.92 Å². The topological polar surface area (TPSA) is 76.0 Å². The Morgan fingerprint density at radius 2 is 2.21 bits per heavy atom. The van der Waals surface area contributed by atoms with Gasteiger partial charge in [0.05, 0.1) is 13.2 Å². The minimum Gasteiger partial charge on any atom is -0.493 e. The van der Waals surface area contributed by atoms with Crippen LogP contribution < -0.4 is 9.47 Å². The summed E-state index contributed by atoms with van der Waals surface area (Å²) in [5.74, 6) is 1.52. The van der Waals surface area contributed by atoms with Gasteiger partial charge in [-0.15, -0.1) is 0 Å². The number of carbonyl (C=O) groups is 1. The Kier molecular flexibility index (Phi) is 3.81. The molecule has 0 saturated heterocycles. The van der Waals surface area contributed by atoms with Crippen molar-refractivity contribution in [2.75, 3.05) is 13.7 Å². The number of carbonyl (C=O) groups excluding carboxylic acids is 1. The molecule has 1 heterocycles. The van der Waals surface area contributed by atoms with Crippen LogP contribution in [-0.2, 0) is 16.6 Å². The summed E-state index contributed by atoms with van der Waals surface area (Å²) in [6.45, 7) is 0.166. The zero-order valence-corrected chi connectivity index (χ0v) is 14.0. The molecular weight excluding hydrogens is 308 g/mol. The van der Waals surface area contributed by atoms with Crippen molar-refractivity contribution >= 4 is 5.78 Å². The first kappa shape index (κ1) is 15.9. The summed E-state index contributed by atoms with van der Waals surface area (Å²) in [6.07, 6.45) is 3.00. The molecule has 5 heteroatoms. The summed E-state index contributed by atoms with van der Waals surface area (Å²) >= 11 is 0. The maximum Gasteiger partial charge on any atom is 0.176 e. The second-order valence-corrected chi connectivity index (χ2v) is 7.46. The molecule has 4 rings (SSSR count). The van der Waals surface area contributed by atoms with Crippen LogP contribution in [0.5, 0.6) is 11.5 Å². The highest BCUT2D eigenvalue weighted by molar-refractivity contribution is 5.89. The lowest BCUT2D eigenvalue weighted by molar-refractivity contribution is -0.135. The number of methoxy groups -OCH3 is 1. The smallest absolute Gasteiger partial charge is 0.176 e. The molecule has 24 heavy (non-hydrogen) atoms. The number of rotatable bonds is 2. The summed E-state index contributed by atoms with van der Waals surface area (Å²) in [7, 11) is 1.60. The number of aliphatic hydroxyl groups is 2. The molecule has 2 N–H and O–H groups in total. The third kappa shape index (κ3) is 2.18. The summed E-state index contributed by atoms with van der Waals surface area (Å²) in [5, 5.41) is 20.0. The number of ether oxygens (including phenoxy) is 2. The molecule has 0 radical (unpaired) electrons. The van der Waals surface area contributed by atoms with Gasteiger partial charge in [0.15, 0.2) is 23.4 Å². The molecule has 0 aromatic heterocycles. The molecule has 1 aromatic rings. The third-order valence-corrected chi connectivity index (χ3v) is 5.99. The lowest BCUT2D eigenvalue weighted by Crippen LogP contribution is -2.51. The van der Waals surface area contributed by atoms with Crippen molar-refractivity contribution in [3.63, 3.8) is 0 Å². The highest BCUT2D eigenvalue weighted by Gasteiger charge is 2.57. The van der Waals surface area contributed by atoms with Crippen LogP contribution in [0.2, 0.25) is 0 Å². The van der Waals surface area contributed by atoms with E-state index in [0.717, 1.165) is 36.8 Å². The SMILES string of the molecule is COc1ccc2c3c1O[C@H]1C(=O)C[C@@H](O)C[C@@]31CCC[C@@H](CO)C2. The van der Waals surface area contributed by atoms with Crippen LogP contribution in [0, 0.1) is 5.92 Å². The lowest BCUT2D eigenvalue weighted by Gasteiger charge is -2.41. The number of aliphatic hydroxyl groups excluding tert-OH is 2. The molecule has 1 aromatic carbocycles. The quantitative estimate of drug-likeness (QED) is 0.863. The van der Waals surface area contributed by atoms with Crippen LogP contribution in [0.3, 0.4) is 0 Å². The first-order valence-electron chi connectivity index (χ1n) is 8.77. The van der Waals surface area contributed by atoms with Crippen molar-refractivity contribution in [3.05, 3.63) is 23.3 Å². The molecule has 5 nitrogen and oxygen atoms in total. The Morgan fingerprint density at radius 1 is 1.38 bits per heavy atom. The predicted molar refractivity (Wildman–Crippen MR) is 87.5 cm³/mol. The monoisotopic (exact) mass is 332 g/mol. The average molecular weight is 332 g/mol. The number of hydrogen-bond acceptors (Lipinski definition) is 5. The number of ketones is 1. The minimum atomic E-state index is -0.615. The number of Topliss-reactive ketones (excluding diaryl/α,β-unsaturated/α-hetero) is 1. The molecule has 130 valence electrons. The Morgan fingerprint density at radius 3 is 2.96 bits per heavy atom. The largest absolute Gasteiger partial charge is 0.493 e. The first-order chi connectivity index (χ1) is 11.6. The van der Waals surface area contributed by atoms with E-state index in [1.807, 2.05) is 12.1 Å². The Hall–Kier alpha value is -1.59. The van der Waals surface area contributed by atoms with E-state index < -0.39 is 17.6 Å². The van der Waals surface area contributed by atoms with Gasteiger partial charge in [-0.2, -0.15) is 0 Å². The fourth-order valence-electron chi connectivity index (χ4n) is 5.01. The van der Waals surface area contributed by atoms with Gasteiger partial charge in [0.2, 0.25) is 0 Å². The minimum absolute atomic E-state index is 0.0164. The van der Waals surface area contributed by atoms with Gasteiger partial charge in [-0.1, -0.05) is 12.5 Å². The van der Waals surface area contributed by atoms with E-state index in [4.69, 9.17) is 9.47 Å². The van der Waals surface area contributed by atoms with E-state index in [-0.39, 0.29) is 24.7 Å². The zero-order chi connectivity index (χ0) is 16.9. The van der Waals surface area contributed by atoms with E-state index >= 15 is 0 Å². The van der Waals surface area contributed by atoms with Gasteiger partial charge in [0.25, 0.3) is 0 Å². The van der Waals surface area contributed by atoms with Crippen molar-refractivity contribution < 1.29 is 24.5 Å². The molecule has 0 bridgehead atoms. The van der Waals surface area contributed by atoms with Crippen molar-refractivity contribution in [1.82, 2.24) is 0 Å². The van der Waals surface area contributed by atoms with Crippen LogP contribution in [0.15, 0.2) is 12.1 Å². The summed E-state index contributed by atoms with van der Waals surface area (Å²) in [5.41, 5.74) is 1.71. The predicted octanol–water partition coefficient (Wildman–Crippen LogP) is 1.75. The van der Waals surface area contributed by atoms with Crippen molar-refractivity contribution in [1.29, 1.82) is 0 Å². The molecule has 3 aliphatic rings. The fourth-order valence-corrected chi connectivity index (χ4v) is 5.01. The van der Waals surface area contributed by atoms with E-state index in [1.54, 1.807) is 7.11 Å². The van der Waals surface area contributed by atoms with Crippen LogP contribution in [-0.4, -0.2) is 41.9 Å². The summed E-state index contributed by atoms with van der Waals surface area (Å²) < 4.78 is 11.6. The van der Waals surface area contributed by atoms with Gasteiger partial charge in [-0.25, -0.2) is 0 Å². The molecule has 0 amide bonds. The highest BCUT2D eigenvalue weighted by atomic mass is 16.5. The van der Waals surface area contributed by atoms with Crippen LogP contribution in [0.4, 0.5) is 0 Å². The first-order valence-corrected chi connectivity index (χ1v) is 8.77. The van der Waals surface area contributed by atoms with Gasteiger partial charge in [-0.05, 0) is 43.2 Å². The van der Waals surface area contributed by atoms with E-state index in [1.165, 1.54) is 0 Å². The van der Waals surface area contributed by atoms with Crippen LogP contribution >= 0.6 is 0 Å². The van der Waals surface area contributed by atoms with Crippen LogP contribution in [0.25, 0.3) is 0 Å². The summed E-state index contributed by atoms with van der Waals surface area (Å²) in [4.78, 5) is 12.6. The molecular formula is C19H24O5. The Balaban J connectivity index is 1.91. The zero-order valence-electron chi connectivity index (χ0n) is 14.0. The molecule has 1 fully saturated rings. The third-order valence-electron chi connectivity index (χ3n) is 5.99. The second-order valence-electron chi connectivity index (χ2n) is 7.46.